The Morgan fingerprint density at radius 1 is 1.33 bits per heavy atom. The molecule has 0 unspecified atom stereocenters. The SMILES string of the molecule is CCN(CC)C(=O)[C@H]1O[C@@H]1c1ccc(Cl)cc1Cl. The van der Waals surface area contributed by atoms with Crippen LogP contribution < -0.4 is 0 Å². The van der Waals surface area contributed by atoms with E-state index in [9.17, 15) is 4.79 Å². The highest BCUT2D eigenvalue weighted by Crippen LogP contribution is 2.43. The minimum atomic E-state index is -0.399. The number of rotatable bonds is 4. The van der Waals surface area contributed by atoms with Crippen LogP contribution in [0.4, 0.5) is 0 Å². The first-order chi connectivity index (χ1) is 8.58. The van der Waals surface area contributed by atoms with Crippen LogP contribution in [0.2, 0.25) is 10.0 Å². The third-order valence-electron chi connectivity index (χ3n) is 3.08. The molecule has 2 rings (SSSR count). The minimum absolute atomic E-state index is 0.0241. The Hall–Kier alpha value is -0.770. The van der Waals surface area contributed by atoms with E-state index in [0.717, 1.165) is 5.56 Å². The van der Waals surface area contributed by atoms with Crippen LogP contribution in [0, 0.1) is 0 Å². The van der Waals surface area contributed by atoms with Gasteiger partial charge in [-0.3, -0.25) is 4.79 Å². The van der Waals surface area contributed by atoms with Crippen molar-refractivity contribution >= 4 is 29.1 Å². The Balaban J connectivity index is 2.09. The molecule has 1 amide bonds. The fourth-order valence-electron chi connectivity index (χ4n) is 1.98. The zero-order chi connectivity index (χ0) is 13.3. The predicted molar refractivity (Wildman–Crippen MR) is 72.0 cm³/mol. The van der Waals surface area contributed by atoms with Crippen molar-refractivity contribution in [2.45, 2.75) is 26.1 Å². The van der Waals surface area contributed by atoms with Gasteiger partial charge in [-0.1, -0.05) is 29.3 Å². The second-order valence-corrected chi connectivity index (χ2v) is 5.00. The molecule has 1 fully saturated rings. The third kappa shape index (κ3) is 2.63. The number of epoxide rings is 1. The Morgan fingerprint density at radius 3 is 2.56 bits per heavy atom. The summed E-state index contributed by atoms with van der Waals surface area (Å²) < 4.78 is 5.45. The first-order valence-corrected chi connectivity index (χ1v) is 6.73. The maximum atomic E-state index is 12.1. The van der Waals surface area contributed by atoms with E-state index in [1.54, 1.807) is 17.0 Å². The minimum Gasteiger partial charge on any atom is -0.354 e. The Labute approximate surface area is 117 Å². The molecule has 1 aliphatic heterocycles. The van der Waals surface area contributed by atoms with Gasteiger partial charge in [0.2, 0.25) is 0 Å². The number of hydrogen-bond donors (Lipinski definition) is 0. The molecule has 1 aromatic carbocycles. The topological polar surface area (TPSA) is 32.8 Å². The van der Waals surface area contributed by atoms with Gasteiger partial charge in [0.05, 0.1) is 0 Å². The number of carbonyl (C=O) groups is 1. The number of nitrogens with zero attached hydrogens (tertiary/aromatic N) is 1. The molecule has 5 heteroatoms. The van der Waals surface area contributed by atoms with Gasteiger partial charge in [0.25, 0.3) is 5.91 Å². The Morgan fingerprint density at radius 2 is 2.00 bits per heavy atom. The molecule has 1 heterocycles. The van der Waals surface area contributed by atoms with Crippen molar-refractivity contribution in [1.29, 1.82) is 0 Å². The van der Waals surface area contributed by atoms with Crippen molar-refractivity contribution < 1.29 is 9.53 Å². The molecule has 0 N–H and O–H groups in total. The van der Waals surface area contributed by atoms with Gasteiger partial charge in [-0.15, -0.1) is 0 Å². The fraction of sp³-hybridized carbons (Fsp3) is 0.462. The molecule has 0 bridgehead atoms. The largest absolute Gasteiger partial charge is 0.354 e. The number of hydrogen-bond acceptors (Lipinski definition) is 2. The van der Waals surface area contributed by atoms with Gasteiger partial charge in [0, 0.05) is 28.7 Å². The molecule has 0 aromatic heterocycles. The average Bonchev–Trinajstić information content (AvgIpc) is 3.10. The van der Waals surface area contributed by atoms with Crippen molar-refractivity contribution in [1.82, 2.24) is 4.90 Å². The number of halogens is 2. The van der Waals surface area contributed by atoms with E-state index >= 15 is 0 Å². The summed E-state index contributed by atoms with van der Waals surface area (Å²) in [5.74, 6) is 0.0241. The number of benzene rings is 1. The van der Waals surface area contributed by atoms with E-state index in [0.29, 0.717) is 23.1 Å². The second kappa shape index (κ2) is 5.47. The molecule has 1 saturated heterocycles. The summed E-state index contributed by atoms with van der Waals surface area (Å²) in [6.45, 7) is 5.29. The molecule has 0 radical (unpaired) electrons. The zero-order valence-electron chi connectivity index (χ0n) is 10.3. The highest BCUT2D eigenvalue weighted by Gasteiger charge is 2.48. The fourth-order valence-corrected chi connectivity index (χ4v) is 2.50. The molecule has 1 aliphatic rings. The number of likely N-dealkylation sites (N-methyl/N-ethyl adjacent to an activating group) is 1. The summed E-state index contributed by atoms with van der Waals surface area (Å²) in [6.07, 6.45) is -0.633. The zero-order valence-corrected chi connectivity index (χ0v) is 11.8. The van der Waals surface area contributed by atoms with Crippen LogP contribution in [0.15, 0.2) is 18.2 Å². The van der Waals surface area contributed by atoms with Crippen molar-refractivity contribution in [2.75, 3.05) is 13.1 Å². The molecule has 0 aliphatic carbocycles. The van der Waals surface area contributed by atoms with Gasteiger partial charge in [0.1, 0.15) is 6.10 Å². The Kier molecular flexibility index (Phi) is 4.15. The molecule has 0 spiro atoms. The first kappa shape index (κ1) is 13.7. The maximum Gasteiger partial charge on any atom is 0.254 e. The smallest absolute Gasteiger partial charge is 0.254 e. The van der Waals surface area contributed by atoms with Crippen molar-refractivity contribution in [2.24, 2.45) is 0 Å². The van der Waals surface area contributed by atoms with Crippen LogP contribution in [0.25, 0.3) is 0 Å². The molecule has 2 atom stereocenters. The predicted octanol–water partition coefficient (Wildman–Crippen LogP) is 3.30. The van der Waals surface area contributed by atoms with Crippen LogP contribution >= 0.6 is 23.2 Å². The standard InChI is InChI=1S/C13H15Cl2NO2/c1-3-16(4-2)13(17)12-11(18-12)9-6-5-8(14)7-10(9)15/h5-7,11-12H,3-4H2,1-2H3/t11-,12+/m1/s1. The average molecular weight is 288 g/mol. The normalized spacial score (nSPS) is 21.8. The van der Waals surface area contributed by atoms with Crippen LogP contribution in [0.3, 0.4) is 0 Å². The lowest BCUT2D eigenvalue weighted by Gasteiger charge is -2.17. The Bertz CT molecular complexity index is 460. The van der Waals surface area contributed by atoms with Crippen LogP contribution in [-0.4, -0.2) is 30.0 Å². The molecule has 98 valence electrons. The third-order valence-corrected chi connectivity index (χ3v) is 3.64. The molecule has 18 heavy (non-hydrogen) atoms. The summed E-state index contributed by atoms with van der Waals surface area (Å²) in [5, 5.41) is 1.12. The van der Waals surface area contributed by atoms with E-state index in [1.807, 2.05) is 19.9 Å². The summed E-state index contributed by atoms with van der Waals surface area (Å²) in [4.78, 5) is 13.8. The lowest BCUT2D eigenvalue weighted by Crippen LogP contribution is -2.34. The maximum absolute atomic E-state index is 12.1. The summed E-state index contributed by atoms with van der Waals surface area (Å²) in [6, 6.07) is 5.23. The van der Waals surface area contributed by atoms with Crippen LogP contribution in [0.1, 0.15) is 25.5 Å². The van der Waals surface area contributed by atoms with Gasteiger partial charge < -0.3 is 9.64 Å². The molecule has 1 aromatic rings. The summed E-state index contributed by atoms with van der Waals surface area (Å²) in [5.41, 5.74) is 0.826. The van der Waals surface area contributed by atoms with Gasteiger partial charge in [-0.2, -0.15) is 0 Å². The molecular formula is C13H15Cl2NO2. The second-order valence-electron chi connectivity index (χ2n) is 4.15. The lowest BCUT2D eigenvalue weighted by atomic mass is 10.1. The quantitative estimate of drug-likeness (QED) is 0.796. The molecule has 3 nitrogen and oxygen atoms in total. The number of ether oxygens (including phenoxy) is 1. The van der Waals surface area contributed by atoms with E-state index in [1.165, 1.54) is 0 Å². The van der Waals surface area contributed by atoms with Gasteiger partial charge >= 0.3 is 0 Å². The highest BCUT2D eigenvalue weighted by molar-refractivity contribution is 6.35. The van der Waals surface area contributed by atoms with Crippen molar-refractivity contribution in [3.05, 3.63) is 33.8 Å². The van der Waals surface area contributed by atoms with Crippen LogP contribution in [0.5, 0.6) is 0 Å². The van der Waals surface area contributed by atoms with E-state index in [-0.39, 0.29) is 12.0 Å². The van der Waals surface area contributed by atoms with E-state index in [4.69, 9.17) is 27.9 Å². The van der Waals surface area contributed by atoms with Gasteiger partial charge in [-0.05, 0) is 26.0 Å². The van der Waals surface area contributed by atoms with Crippen molar-refractivity contribution in [3.8, 4) is 0 Å². The number of amides is 1. The van der Waals surface area contributed by atoms with Gasteiger partial charge in [0.15, 0.2) is 6.10 Å². The highest BCUT2D eigenvalue weighted by atomic mass is 35.5. The monoisotopic (exact) mass is 287 g/mol. The summed E-state index contributed by atoms with van der Waals surface area (Å²) in [7, 11) is 0. The van der Waals surface area contributed by atoms with Crippen LogP contribution in [-0.2, 0) is 9.53 Å². The molecular weight excluding hydrogens is 273 g/mol. The molecule has 0 saturated carbocycles. The summed E-state index contributed by atoms with van der Waals surface area (Å²) >= 11 is 11.9. The van der Waals surface area contributed by atoms with Gasteiger partial charge in [-0.25, -0.2) is 0 Å². The van der Waals surface area contributed by atoms with E-state index < -0.39 is 6.10 Å². The number of carbonyl (C=O) groups excluding carboxylic acids is 1. The van der Waals surface area contributed by atoms with E-state index in [2.05, 4.69) is 0 Å². The lowest BCUT2D eigenvalue weighted by molar-refractivity contribution is -0.132. The van der Waals surface area contributed by atoms with Crippen molar-refractivity contribution in [3.63, 3.8) is 0 Å². The first-order valence-electron chi connectivity index (χ1n) is 5.97.